The summed E-state index contributed by atoms with van der Waals surface area (Å²) in [5.41, 5.74) is 2.08. The molecule has 1 unspecified atom stereocenters. The minimum atomic E-state index is -0.688. The first-order valence-corrected chi connectivity index (χ1v) is 8.45. The van der Waals surface area contributed by atoms with Gasteiger partial charge in [-0.05, 0) is 59.2 Å². The van der Waals surface area contributed by atoms with Crippen molar-refractivity contribution in [3.63, 3.8) is 0 Å². The molecular formula is C19H19F2N5O. The van der Waals surface area contributed by atoms with Crippen LogP contribution in [0.3, 0.4) is 0 Å². The largest absolute Gasteiger partial charge is 0.350 e. The van der Waals surface area contributed by atoms with Crippen molar-refractivity contribution in [2.45, 2.75) is 32.9 Å². The second-order valence-electron chi connectivity index (χ2n) is 6.32. The molecule has 140 valence electrons. The molecule has 0 aliphatic carbocycles. The highest BCUT2D eigenvalue weighted by molar-refractivity contribution is 5.80. The number of rotatable bonds is 6. The highest BCUT2D eigenvalue weighted by Gasteiger charge is 2.24. The monoisotopic (exact) mass is 371 g/mol. The number of nitrogens with one attached hydrogen (secondary N) is 1. The zero-order chi connectivity index (χ0) is 19.4. The van der Waals surface area contributed by atoms with Crippen LogP contribution in [0, 0.1) is 25.5 Å². The SMILES string of the molecule is Cc1cc(CNC(=O)C(Cc2ccc(F)cc2)n2nnnc2C)ccc1F. The number of benzene rings is 2. The molecule has 0 radical (unpaired) electrons. The molecule has 1 atom stereocenters. The normalized spacial score (nSPS) is 12.0. The summed E-state index contributed by atoms with van der Waals surface area (Å²) in [6, 6.07) is 9.94. The smallest absolute Gasteiger partial charge is 0.245 e. The summed E-state index contributed by atoms with van der Waals surface area (Å²) in [6.07, 6.45) is 0.306. The fourth-order valence-corrected chi connectivity index (χ4v) is 2.78. The minimum absolute atomic E-state index is 0.251. The average Bonchev–Trinajstić information content (AvgIpc) is 3.07. The fraction of sp³-hybridized carbons (Fsp3) is 0.263. The van der Waals surface area contributed by atoms with E-state index in [0.717, 1.165) is 11.1 Å². The number of hydrogen-bond donors (Lipinski definition) is 1. The third-order valence-electron chi connectivity index (χ3n) is 4.29. The van der Waals surface area contributed by atoms with Crippen molar-refractivity contribution in [1.82, 2.24) is 25.5 Å². The van der Waals surface area contributed by atoms with E-state index in [4.69, 9.17) is 0 Å². The molecule has 0 fully saturated rings. The number of tetrazole rings is 1. The molecule has 8 heteroatoms. The number of hydrogen-bond acceptors (Lipinski definition) is 4. The van der Waals surface area contributed by atoms with E-state index in [1.807, 2.05) is 0 Å². The van der Waals surface area contributed by atoms with Crippen molar-refractivity contribution in [3.05, 3.63) is 76.6 Å². The molecule has 0 saturated carbocycles. The van der Waals surface area contributed by atoms with Crippen LogP contribution >= 0.6 is 0 Å². The number of carbonyl (C=O) groups excluding carboxylic acids is 1. The van der Waals surface area contributed by atoms with Gasteiger partial charge in [0.05, 0.1) is 0 Å². The molecule has 3 aromatic rings. The molecule has 2 aromatic carbocycles. The first-order chi connectivity index (χ1) is 12.9. The van der Waals surface area contributed by atoms with E-state index in [1.165, 1.54) is 22.9 Å². The third-order valence-corrected chi connectivity index (χ3v) is 4.29. The van der Waals surface area contributed by atoms with Gasteiger partial charge in [-0.2, -0.15) is 0 Å². The van der Waals surface area contributed by atoms with Crippen molar-refractivity contribution < 1.29 is 13.6 Å². The van der Waals surface area contributed by atoms with Crippen LogP contribution < -0.4 is 5.32 Å². The van der Waals surface area contributed by atoms with Gasteiger partial charge in [-0.3, -0.25) is 4.79 Å². The van der Waals surface area contributed by atoms with Gasteiger partial charge in [0.15, 0.2) is 0 Å². The van der Waals surface area contributed by atoms with Gasteiger partial charge in [-0.15, -0.1) is 5.10 Å². The summed E-state index contributed by atoms with van der Waals surface area (Å²) >= 11 is 0. The summed E-state index contributed by atoms with van der Waals surface area (Å²) in [6.45, 7) is 3.62. The van der Waals surface area contributed by atoms with Crippen LogP contribution in [0.4, 0.5) is 8.78 Å². The molecule has 0 aliphatic rings. The number of halogens is 2. The summed E-state index contributed by atoms with van der Waals surface area (Å²) in [5.74, 6) is -0.416. The molecule has 27 heavy (non-hydrogen) atoms. The van der Waals surface area contributed by atoms with Gasteiger partial charge in [0.2, 0.25) is 5.91 Å². The van der Waals surface area contributed by atoms with Crippen LogP contribution in [0.25, 0.3) is 0 Å². The van der Waals surface area contributed by atoms with E-state index >= 15 is 0 Å². The van der Waals surface area contributed by atoms with Crippen LogP contribution in [0.5, 0.6) is 0 Å². The van der Waals surface area contributed by atoms with Crippen LogP contribution in [-0.2, 0) is 17.8 Å². The Morgan fingerprint density at radius 2 is 1.81 bits per heavy atom. The van der Waals surface area contributed by atoms with Gasteiger partial charge >= 0.3 is 0 Å². The number of nitrogens with zero attached hydrogens (tertiary/aromatic N) is 4. The van der Waals surface area contributed by atoms with Gasteiger partial charge in [-0.1, -0.05) is 24.3 Å². The predicted octanol–water partition coefficient (Wildman–Crippen LogP) is 2.67. The summed E-state index contributed by atoms with van der Waals surface area (Å²) < 4.78 is 28.0. The lowest BCUT2D eigenvalue weighted by Crippen LogP contribution is -2.34. The molecular weight excluding hydrogens is 352 g/mol. The average molecular weight is 371 g/mol. The lowest BCUT2D eigenvalue weighted by Gasteiger charge is -2.18. The molecule has 0 saturated heterocycles. The Kier molecular flexibility index (Phi) is 5.54. The maximum absolute atomic E-state index is 13.4. The molecule has 1 amide bonds. The number of amides is 1. The van der Waals surface area contributed by atoms with E-state index in [2.05, 4.69) is 20.8 Å². The highest BCUT2D eigenvalue weighted by Crippen LogP contribution is 2.16. The second kappa shape index (κ2) is 8.03. The zero-order valence-electron chi connectivity index (χ0n) is 15.0. The number of carbonyl (C=O) groups is 1. The summed E-state index contributed by atoms with van der Waals surface area (Å²) in [4.78, 5) is 12.8. The molecule has 0 spiro atoms. The van der Waals surface area contributed by atoms with Crippen LogP contribution in [0.2, 0.25) is 0 Å². The molecule has 6 nitrogen and oxygen atoms in total. The van der Waals surface area contributed by atoms with E-state index < -0.39 is 6.04 Å². The van der Waals surface area contributed by atoms with Crippen LogP contribution in [-0.4, -0.2) is 26.1 Å². The lowest BCUT2D eigenvalue weighted by molar-refractivity contribution is -0.124. The highest BCUT2D eigenvalue weighted by atomic mass is 19.1. The summed E-state index contributed by atoms with van der Waals surface area (Å²) in [7, 11) is 0. The van der Waals surface area contributed by atoms with Crippen LogP contribution in [0.1, 0.15) is 28.6 Å². The zero-order valence-corrected chi connectivity index (χ0v) is 15.0. The van der Waals surface area contributed by atoms with E-state index in [1.54, 1.807) is 38.1 Å². The predicted molar refractivity (Wildman–Crippen MR) is 94.7 cm³/mol. The van der Waals surface area contributed by atoms with Crippen molar-refractivity contribution in [2.24, 2.45) is 0 Å². The number of aryl methyl sites for hydroxylation is 2. The lowest BCUT2D eigenvalue weighted by atomic mass is 10.0. The van der Waals surface area contributed by atoms with Gasteiger partial charge in [0.1, 0.15) is 23.5 Å². The Morgan fingerprint density at radius 1 is 1.11 bits per heavy atom. The molecule has 3 rings (SSSR count). The quantitative estimate of drug-likeness (QED) is 0.723. The Labute approximate surface area is 155 Å². The Bertz CT molecular complexity index is 940. The molecule has 1 N–H and O–H groups in total. The van der Waals surface area contributed by atoms with Crippen molar-refractivity contribution in [1.29, 1.82) is 0 Å². The standard InChI is InChI=1S/C19H19F2N5O/c1-12-9-15(5-8-17(12)21)11-22-19(27)18(26-13(2)23-24-25-26)10-14-3-6-16(20)7-4-14/h3-9,18H,10-11H2,1-2H3,(H,22,27). The molecule has 0 aliphatic heterocycles. The van der Waals surface area contributed by atoms with E-state index in [-0.39, 0.29) is 24.1 Å². The maximum Gasteiger partial charge on any atom is 0.245 e. The Morgan fingerprint density at radius 3 is 2.44 bits per heavy atom. The molecule has 0 bridgehead atoms. The maximum atomic E-state index is 13.4. The van der Waals surface area contributed by atoms with Crippen molar-refractivity contribution in [2.75, 3.05) is 0 Å². The molecule has 1 aromatic heterocycles. The van der Waals surface area contributed by atoms with Gasteiger partial charge in [-0.25, -0.2) is 13.5 Å². The Balaban J connectivity index is 1.77. The Hall–Kier alpha value is -3.16. The van der Waals surface area contributed by atoms with Crippen LogP contribution in [0.15, 0.2) is 42.5 Å². The molecule has 1 heterocycles. The number of aromatic nitrogens is 4. The van der Waals surface area contributed by atoms with E-state index in [9.17, 15) is 13.6 Å². The summed E-state index contributed by atoms with van der Waals surface area (Å²) in [5, 5.41) is 14.2. The topological polar surface area (TPSA) is 72.7 Å². The first-order valence-electron chi connectivity index (χ1n) is 8.45. The van der Waals surface area contributed by atoms with Gasteiger partial charge < -0.3 is 5.32 Å². The second-order valence-corrected chi connectivity index (χ2v) is 6.32. The van der Waals surface area contributed by atoms with E-state index in [0.29, 0.717) is 17.8 Å². The van der Waals surface area contributed by atoms with Gasteiger partial charge in [0.25, 0.3) is 0 Å². The minimum Gasteiger partial charge on any atom is -0.350 e. The van der Waals surface area contributed by atoms with Crippen molar-refractivity contribution in [3.8, 4) is 0 Å². The van der Waals surface area contributed by atoms with Crippen molar-refractivity contribution >= 4 is 5.91 Å². The van der Waals surface area contributed by atoms with Gasteiger partial charge in [0, 0.05) is 13.0 Å². The third kappa shape index (κ3) is 4.52. The first kappa shape index (κ1) is 18.6. The fourth-order valence-electron chi connectivity index (χ4n) is 2.78.